The van der Waals surface area contributed by atoms with Gasteiger partial charge in [-0.3, -0.25) is 4.79 Å². The number of benzene rings is 1. The SMILES string of the molecule is CC(C)C(NC(=O)c1csc(-c2ccccc2Cl)n1)C(=O)O. The number of rotatable bonds is 5. The number of carboxylic acid groups (broad SMARTS) is 1. The van der Waals surface area contributed by atoms with Crippen molar-refractivity contribution in [3.05, 3.63) is 40.4 Å². The molecule has 1 aromatic heterocycles. The molecule has 2 aromatic rings. The van der Waals surface area contributed by atoms with E-state index in [4.69, 9.17) is 16.7 Å². The highest BCUT2D eigenvalue weighted by molar-refractivity contribution is 7.13. The van der Waals surface area contributed by atoms with Crippen LogP contribution in [0.4, 0.5) is 0 Å². The summed E-state index contributed by atoms with van der Waals surface area (Å²) in [6, 6.07) is 6.26. The maximum atomic E-state index is 12.1. The molecule has 1 aromatic carbocycles. The van der Waals surface area contributed by atoms with Crippen LogP contribution in [0.5, 0.6) is 0 Å². The minimum Gasteiger partial charge on any atom is -0.480 e. The van der Waals surface area contributed by atoms with Crippen LogP contribution in [-0.4, -0.2) is 28.0 Å². The van der Waals surface area contributed by atoms with Gasteiger partial charge in [0.25, 0.3) is 5.91 Å². The number of carboxylic acids is 1. The first-order chi connectivity index (χ1) is 10.4. The predicted molar refractivity (Wildman–Crippen MR) is 86.3 cm³/mol. The number of nitrogens with one attached hydrogen (secondary N) is 1. The summed E-state index contributed by atoms with van der Waals surface area (Å²) < 4.78 is 0. The van der Waals surface area contributed by atoms with Gasteiger partial charge in [0.05, 0.1) is 5.02 Å². The van der Waals surface area contributed by atoms with E-state index in [0.29, 0.717) is 10.0 Å². The van der Waals surface area contributed by atoms with Crippen molar-refractivity contribution >= 4 is 34.8 Å². The summed E-state index contributed by atoms with van der Waals surface area (Å²) in [7, 11) is 0. The zero-order chi connectivity index (χ0) is 16.3. The smallest absolute Gasteiger partial charge is 0.326 e. The Hall–Kier alpha value is -1.92. The van der Waals surface area contributed by atoms with Crippen LogP contribution in [-0.2, 0) is 4.79 Å². The van der Waals surface area contributed by atoms with Crippen molar-refractivity contribution in [2.75, 3.05) is 0 Å². The van der Waals surface area contributed by atoms with E-state index >= 15 is 0 Å². The first kappa shape index (κ1) is 16.5. The molecule has 2 N–H and O–H groups in total. The summed E-state index contributed by atoms with van der Waals surface area (Å²) >= 11 is 7.39. The third-order valence-corrected chi connectivity index (χ3v) is 4.27. The van der Waals surface area contributed by atoms with E-state index in [-0.39, 0.29) is 11.6 Å². The predicted octanol–water partition coefficient (Wildman–Crippen LogP) is 3.30. The molecule has 0 bridgehead atoms. The molecule has 0 aliphatic heterocycles. The quantitative estimate of drug-likeness (QED) is 0.876. The number of carbonyl (C=O) groups is 2. The molecule has 116 valence electrons. The van der Waals surface area contributed by atoms with Crippen molar-refractivity contribution < 1.29 is 14.7 Å². The van der Waals surface area contributed by atoms with Gasteiger partial charge in [-0.2, -0.15) is 0 Å². The van der Waals surface area contributed by atoms with Gasteiger partial charge < -0.3 is 10.4 Å². The number of amides is 1. The van der Waals surface area contributed by atoms with E-state index in [1.807, 2.05) is 18.2 Å². The van der Waals surface area contributed by atoms with Gasteiger partial charge >= 0.3 is 5.97 Å². The fourth-order valence-corrected chi connectivity index (χ4v) is 2.99. The summed E-state index contributed by atoms with van der Waals surface area (Å²) in [5, 5.41) is 14.4. The minimum absolute atomic E-state index is 0.187. The van der Waals surface area contributed by atoms with Crippen LogP contribution >= 0.6 is 22.9 Å². The standard InChI is InChI=1S/C15H15ClN2O3S/c1-8(2)12(15(20)21)18-13(19)11-7-22-14(17-11)9-5-3-4-6-10(9)16/h3-8,12H,1-2H3,(H,18,19)(H,20,21). The number of hydrogen-bond acceptors (Lipinski definition) is 4. The van der Waals surface area contributed by atoms with E-state index in [2.05, 4.69) is 10.3 Å². The zero-order valence-electron chi connectivity index (χ0n) is 12.0. The lowest BCUT2D eigenvalue weighted by molar-refractivity contribution is -0.140. The molecule has 5 nitrogen and oxygen atoms in total. The first-order valence-electron chi connectivity index (χ1n) is 6.64. The van der Waals surface area contributed by atoms with Gasteiger partial charge in [0.15, 0.2) is 0 Å². The molecular weight excluding hydrogens is 324 g/mol. The Morgan fingerprint density at radius 2 is 2.00 bits per heavy atom. The van der Waals surface area contributed by atoms with Crippen molar-refractivity contribution in [2.45, 2.75) is 19.9 Å². The van der Waals surface area contributed by atoms with Crippen LogP contribution in [0.25, 0.3) is 10.6 Å². The van der Waals surface area contributed by atoms with Crippen molar-refractivity contribution in [3.63, 3.8) is 0 Å². The van der Waals surface area contributed by atoms with Gasteiger partial charge in [-0.1, -0.05) is 43.6 Å². The van der Waals surface area contributed by atoms with E-state index in [1.165, 1.54) is 11.3 Å². The Bertz CT molecular complexity index is 700. The fourth-order valence-electron chi connectivity index (χ4n) is 1.87. The lowest BCUT2D eigenvalue weighted by Crippen LogP contribution is -2.44. The Labute approximate surface area is 137 Å². The van der Waals surface area contributed by atoms with Crippen LogP contribution in [0.2, 0.25) is 5.02 Å². The summed E-state index contributed by atoms with van der Waals surface area (Å²) in [6.45, 7) is 3.46. The van der Waals surface area contributed by atoms with Gasteiger partial charge in [0.1, 0.15) is 16.7 Å². The average Bonchev–Trinajstić information content (AvgIpc) is 2.94. The van der Waals surface area contributed by atoms with Gasteiger partial charge in [-0.25, -0.2) is 9.78 Å². The molecule has 0 spiro atoms. The summed E-state index contributed by atoms with van der Waals surface area (Å²) in [5.41, 5.74) is 0.929. The number of nitrogens with zero attached hydrogens (tertiary/aromatic N) is 1. The number of aromatic nitrogens is 1. The van der Waals surface area contributed by atoms with Gasteiger partial charge in [-0.05, 0) is 12.0 Å². The Morgan fingerprint density at radius 1 is 1.32 bits per heavy atom. The second-order valence-electron chi connectivity index (χ2n) is 5.05. The van der Waals surface area contributed by atoms with E-state index in [9.17, 15) is 9.59 Å². The highest BCUT2D eigenvalue weighted by atomic mass is 35.5. The lowest BCUT2D eigenvalue weighted by Gasteiger charge is -2.16. The van der Waals surface area contributed by atoms with Crippen LogP contribution in [0.1, 0.15) is 24.3 Å². The van der Waals surface area contributed by atoms with Crippen LogP contribution in [0.15, 0.2) is 29.6 Å². The van der Waals surface area contributed by atoms with Gasteiger partial charge in [0.2, 0.25) is 0 Å². The van der Waals surface area contributed by atoms with E-state index < -0.39 is 17.9 Å². The highest BCUT2D eigenvalue weighted by Gasteiger charge is 2.25. The number of thiazole rings is 1. The number of hydrogen-bond donors (Lipinski definition) is 2. The largest absolute Gasteiger partial charge is 0.480 e. The molecule has 2 rings (SSSR count). The number of halogens is 1. The number of carbonyl (C=O) groups excluding carboxylic acids is 1. The second-order valence-corrected chi connectivity index (χ2v) is 6.32. The topological polar surface area (TPSA) is 79.3 Å². The summed E-state index contributed by atoms with van der Waals surface area (Å²) in [4.78, 5) is 27.5. The molecule has 7 heteroatoms. The van der Waals surface area contributed by atoms with Gasteiger partial charge in [0, 0.05) is 10.9 Å². The Balaban J connectivity index is 2.19. The summed E-state index contributed by atoms with van der Waals surface area (Å²) in [6.07, 6.45) is 0. The lowest BCUT2D eigenvalue weighted by atomic mass is 10.0. The van der Waals surface area contributed by atoms with Crippen LogP contribution < -0.4 is 5.32 Å². The first-order valence-corrected chi connectivity index (χ1v) is 7.90. The Morgan fingerprint density at radius 3 is 2.59 bits per heavy atom. The molecule has 1 atom stereocenters. The minimum atomic E-state index is -1.06. The molecule has 0 fully saturated rings. The Kier molecular flexibility index (Phi) is 5.15. The molecule has 1 amide bonds. The van der Waals surface area contributed by atoms with Crippen molar-refractivity contribution in [2.24, 2.45) is 5.92 Å². The zero-order valence-corrected chi connectivity index (χ0v) is 13.6. The average molecular weight is 339 g/mol. The molecule has 0 radical (unpaired) electrons. The fraction of sp³-hybridized carbons (Fsp3) is 0.267. The number of aliphatic carboxylic acids is 1. The molecule has 0 aliphatic carbocycles. The monoisotopic (exact) mass is 338 g/mol. The van der Waals surface area contributed by atoms with E-state index in [1.54, 1.807) is 25.3 Å². The summed E-state index contributed by atoms with van der Waals surface area (Å²) in [5.74, 6) is -1.79. The third-order valence-electron chi connectivity index (χ3n) is 3.06. The van der Waals surface area contributed by atoms with Crippen molar-refractivity contribution in [3.8, 4) is 10.6 Å². The molecule has 0 saturated carbocycles. The maximum absolute atomic E-state index is 12.1. The van der Waals surface area contributed by atoms with Gasteiger partial charge in [-0.15, -0.1) is 11.3 Å². The molecular formula is C15H15ClN2O3S. The molecule has 1 unspecified atom stereocenters. The maximum Gasteiger partial charge on any atom is 0.326 e. The van der Waals surface area contributed by atoms with Crippen molar-refractivity contribution in [1.82, 2.24) is 10.3 Å². The van der Waals surface area contributed by atoms with Crippen LogP contribution in [0.3, 0.4) is 0 Å². The highest BCUT2D eigenvalue weighted by Crippen LogP contribution is 2.30. The third kappa shape index (κ3) is 3.64. The normalized spacial score (nSPS) is 12.2. The van der Waals surface area contributed by atoms with Crippen molar-refractivity contribution in [1.29, 1.82) is 0 Å². The molecule has 0 aliphatic rings. The van der Waals surface area contributed by atoms with E-state index in [0.717, 1.165) is 5.56 Å². The molecule has 1 heterocycles. The molecule has 22 heavy (non-hydrogen) atoms. The second kappa shape index (κ2) is 6.89. The molecule has 0 saturated heterocycles. The van der Waals surface area contributed by atoms with Crippen LogP contribution in [0, 0.1) is 5.92 Å².